The van der Waals surface area contributed by atoms with E-state index >= 15 is 0 Å². The van der Waals surface area contributed by atoms with Gasteiger partial charge in [-0.1, -0.05) is 48.5 Å². The number of nitrogens with zero attached hydrogens (tertiary/aromatic N) is 19. The lowest BCUT2D eigenvalue weighted by Crippen LogP contribution is -2.59. The number of hydrogen-bond donors (Lipinski definition) is 4. The minimum absolute atomic E-state index is 0.0109. The number of aromatic nitrogens is 15. The molecule has 12 aliphatic rings. The van der Waals surface area contributed by atoms with Gasteiger partial charge in [0.15, 0.2) is 17.5 Å². The van der Waals surface area contributed by atoms with Crippen LogP contribution in [-0.4, -0.2) is 193 Å². The van der Waals surface area contributed by atoms with Crippen molar-refractivity contribution in [3.05, 3.63) is 270 Å². The van der Waals surface area contributed by atoms with Crippen LogP contribution >= 0.6 is 0 Å². The van der Waals surface area contributed by atoms with Crippen molar-refractivity contribution < 1.29 is 28.0 Å². The molecule has 12 unspecified atom stereocenters. The van der Waals surface area contributed by atoms with E-state index in [0.29, 0.717) is 70.7 Å². The average Bonchev–Trinajstić information content (AvgIpc) is 1.64. The number of carbonyl (C=O) groups is 4. The molecule has 4 saturated carbocycles. The van der Waals surface area contributed by atoms with E-state index in [-0.39, 0.29) is 94.6 Å². The van der Waals surface area contributed by atoms with Gasteiger partial charge in [-0.15, -0.1) is 4.80 Å². The number of piperidine rings is 8. The third-order valence-electron chi connectivity index (χ3n) is 24.8. The Bertz CT molecular complexity index is 5520. The van der Waals surface area contributed by atoms with Crippen LogP contribution in [0.1, 0.15) is 146 Å². The van der Waals surface area contributed by atoms with Gasteiger partial charge in [0.1, 0.15) is 40.5 Å². The van der Waals surface area contributed by atoms with E-state index < -0.39 is 11.6 Å². The number of carbonyl (C=O) groups excluding carboxylic acids is 4. The van der Waals surface area contributed by atoms with E-state index in [1.54, 1.807) is 79.8 Å². The van der Waals surface area contributed by atoms with Gasteiger partial charge in [-0.05, 0) is 242 Å². The maximum absolute atomic E-state index is 14.8. The standard InChI is InChI=1S/C24H24FN5O.C24H26N6O.C22H23FN6O.C22H24N6O/c1-15-6-9-21(28-13-15)29-19-12-16-7-8-20(19)30(14-16)24(31)17-4-2-5-18(25)22(17)23-26-10-3-11-27-23;1-15-4-7-21(27-12-15)29-19-11-17-5-6-20(19)30(14-17)24(31)18-10-16(2)13-28-22(18)23-25-8-3-9-26-23;1-14-5-8-20(24-12-14)27-18-11-15-6-7-19(18)28(13-15)22(30)16-3-2-4-17(23)21(16)29-25-9-10-26-29;1-15-6-9-21(23-13-15)26-18-12-16-7-8-20(18)27(14-16)22(29)17-4-2-3-5-19(17)28-24-10-11-25-28/h2-6,9-11,13,16,19-20H,7-8,12,14H2,1H3,(H,28,29);3-4,7-10,12-13,17,19-20H,5-6,11,14H2,1-2H3,(H,27,29);2-5,8-10,12,15,18-19H,6-7,11,13H2,1H3,(H,24,27);2-6,9-11,13,16,18,20H,7-8,12,14H2,1H3,(H,23,26). The minimum atomic E-state index is -0.516. The second kappa shape index (κ2) is 35.8. The topological polar surface area (TPSA) is 307 Å². The molecule has 12 atom stereocenters. The van der Waals surface area contributed by atoms with Crippen molar-refractivity contribution in [3.63, 3.8) is 0 Å². The van der Waals surface area contributed by atoms with Crippen molar-refractivity contribution in [2.45, 2.75) is 160 Å². The van der Waals surface area contributed by atoms with Crippen LogP contribution in [0.25, 0.3) is 34.3 Å². The van der Waals surface area contributed by atoms with Gasteiger partial charge in [-0.3, -0.25) is 24.2 Å². The third kappa shape index (κ3) is 17.8. The Balaban J connectivity index is 0.000000115. The summed E-state index contributed by atoms with van der Waals surface area (Å²) in [4.78, 5) is 105. The summed E-state index contributed by atoms with van der Waals surface area (Å²) >= 11 is 0. The number of fused-ring (bicyclic) bond motifs is 12. The van der Waals surface area contributed by atoms with E-state index in [1.807, 2.05) is 146 Å². The zero-order valence-corrected chi connectivity index (χ0v) is 68.3. The van der Waals surface area contributed by atoms with Gasteiger partial charge in [-0.25, -0.2) is 48.7 Å². The third-order valence-corrected chi connectivity index (χ3v) is 24.8. The SMILES string of the molecule is Cc1ccc(NC2CC3CCC2N(C(=O)c2cc(C)cnc2-c2ncccn2)C3)nc1.Cc1ccc(NC2CC3CCC2N(C(=O)c2cccc(F)c2-c2ncccn2)C3)nc1.Cc1ccc(NC2CC3CCC2N(C(=O)c2cccc(F)c2-n2nccn2)C3)nc1.Cc1ccc(NC2CC3CCC2N(C(=O)c2ccccc2-n2nccn2)C3)nc1. The monoisotopic (exact) mass is 1630 g/mol. The van der Waals surface area contributed by atoms with Crippen LogP contribution in [0.2, 0.25) is 0 Å². The predicted octanol–water partition coefficient (Wildman–Crippen LogP) is 14.0. The quantitative estimate of drug-likeness (QED) is 0.0698. The summed E-state index contributed by atoms with van der Waals surface area (Å²) in [6.07, 6.45) is 34.4. The van der Waals surface area contributed by atoms with Gasteiger partial charge in [0, 0.05) is 106 Å². The van der Waals surface area contributed by atoms with E-state index in [4.69, 9.17) is 0 Å². The van der Waals surface area contributed by atoms with Gasteiger partial charge >= 0.3 is 0 Å². The van der Waals surface area contributed by atoms with Gasteiger partial charge in [-0.2, -0.15) is 25.2 Å². The normalized spacial score (nSPS) is 22.7. The number of amides is 4. The maximum Gasteiger partial charge on any atom is 0.256 e. The van der Waals surface area contributed by atoms with Crippen molar-refractivity contribution in [1.82, 2.24) is 94.4 Å². The largest absolute Gasteiger partial charge is 0.365 e. The number of hydrogen-bond acceptors (Lipinski definition) is 21. The first-order valence-corrected chi connectivity index (χ1v) is 41.9. The number of anilines is 4. The number of pyridine rings is 5. The Morgan fingerprint density at radius 3 is 1.10 bits per heavy atom. The molecule has 8 saturated heterocycles. The van der Waals surface area contributed by atoms with Crippen molar-refractivity contribution in [3.8, 4) is 34.3 Å². The molecule has 3 aromatic carbocycles. The number of para-hydroxylation sites is 2. The molecule has 0 radical (unpaired) electrons. The highest BCUT2D eigenvalue weighted by atomic mass is 19.1. The first-order valence-electron chi connectivity index (χ1n) is 41.9. The lowest BCUT2D eigenvalue weighted by Gasteiger charge is -2.50. The van der Waals surface area contributed by atoms with Crippen molar-refractivity contribution in [2.75, 3.05) is 47.4 Å². The fraction of sp³-hybridized carbons (Fsp3) is 0.359. The first-order chi connectivity index (χ1) is 59.0. The van der Waals surface area contributed by atoms with Crippen LogP contribution in [0.5, 0.6) is 0 Å². The molecule has 4 N–H and O–H groups in total. The highest BCUT2D eigenvalue weighted by molar-refractivity contribution is 6.02. The summed E-state index contributed by atoms with van der Waals surface area (Å²) < 4.78 is 29.4. The molecule has 0 spiro atoms. The van der Waals surface area contributed by atoms with Crippen LogP contribution in [0.3, 0.4) is 0 Å². The van der Waals surface area contributed by atoms with E-state index in [0.717, 1.165) is 135 Å². The summed E-state index contributed by atoms with van der Waals surface area (Å²) in [6, 6.07) is 39.2. The van der Waals surface area contributed by atoms with Crippen molar-refractivity contribution in [1.29, 1.82) is 0 Å². The van der Waals surface area contributed by atoms with Crippen molar-refractivity contribution in [2.24, 2.45) is 23.7 Å². The second-order valence-corrected chi connectivity index (χ2v) is 33.2. The minimum Gasteiger partial charge on any atom is -0.365 e. The number of halogens is 2. The van der Waals surface area contributed by atoms with E-state index in [1.165, 1.54) is 40.5 Å². The Morgan fingerprint density at radius 2 is 0.686 bits per heavy atom. The number of rotatable bonds is 16. The predicted molar refractivity (Wildman–Crippen MR) is 454 cm³/mol. The Kier molecular flexibility index (Phi) is 23.7. The van der Waals surface area contributed by atoms with Gasteiger partial charge in [0.05, 0.1) is 82.5 Å². The summed E-state index contributed by atoms with van der Waals surface area (Å²) in [5.74, 6) is 4.64. The number of nitrogens with one attached hydrogen (secondary N) is 4. The summed E-state index contributed by atoms with van der Waals surface area (Å²) in [5.41, 5.74) is 8.77. The van der Waals surface area contributed by atoms with Gasteiger partial charge in [0.25, 0.3) is 23.6 Å². The molecular formula is C92H97F2N23O4. The van der Waals surface area contributed by atoms with Crippen LogP contribution < -0.4 is 21.3 Å². The molecule has 4 aliphatic carbocycles. The summed E-state index contributed by atoms with van der Waals surface area (Å²) in [6.45, 7) is 13.0. The Morgan fingerprint density at radius 1 is 0.331 bits per heavy atom. The lowest BCUT2D eigenvalue weighted by atomic mass is 9.76. The van der Waals surface area contributed by atoms with Crippen LogP contribution in [0.4, 0.5) is 32.1 Å². The second-order valence-electron chi connectivity index (χ2n) is 33.2. The molecule has 618 valence electrons. The molecule has 12 fully saturated rings. The molecule has 24 rings (SSSR count). The highest BCUT2D eigenvalue weighted by Gasteiger charge is 2.48. The first kappa shape index (κ1) is 80.2. The molecule has 8 bridgehead atoms. The van der Waals surface area contributed by atoms with Crippen molar-refractivity contribution >= 4 is 46.9 Å². The average molecular weight is 1630 g/mol. The zero-order valence-electron chi connectivity index (χ0n) is 68.3. The molecule has 29 heteroatoms. The van der Waals surface area contributed by atoms with E-state index in [2.05, 4.69) is 98.7 Å². The van der Waals surface area contributed by atoms with Crippen LogP contribution in [0.15, 0.2) is 208 Å². The van der Waals surface area contributed by atoms with Crippen LogP contribution in [-0.2, 0) is 0 Å². The molecule has 121 heavy (non-hydrogen) atoms. The fourth-order valence-corrected chi connectivity index (χ4v) is 19.0. The molecule has 27 nitrogen and oxygen atoms in total. The smallest absolute Gasteiger partial charge is 0.256 e. The molecule has 12 aromatic rings. The fourth-order valence-electron chi connectivity index (χ4n) is 19.0. The molecule has 8 aliphatic heterocycles. The maximum atomic E-state index is 14.8. The Labute approximate surface area is 700 Å². The highest BCUT2D eigenvalue weighted by Crippen LogP contribution is 2.43. The Hall–Kier alpha value is -13.2. The summed E-state index contributed by atoms with van der Waals surface area (Å²) in [7, 11) is 0. The molecule has 9 aromatic heterocycles. The molecule has 4 amide bonds. The van der Waals surface area contributed by atoms with Gasteiger partial charge < -0.3 is 40.9 Å². The van der Waals surface area contributed by atoms with Crippen LogP contribution in [0, 0.1) is 69.9 Å². The molecule has 17 heterocycles. The van der Waals surface area contributed by atoms with Gasteiger partial charge in [0.2, 0.25) is 0 Å². The molecular weight excluding hydrogens is 1530 g/mol. The number of aryl methyl sites for hydroxylation is 5. The van der Waals surface area contributed by atoms with E-state index in [9.17, 15) is 28.0 Å². The zero-order chi connectivity index (χ0) is 83.2. The lowest BCUT2D eigenvalue weighted by molar-refractivity contribution is 0.0277. The number of benzene rings is 3. The summed E-state index contributed by atoms with van der Waals surface area (Å²) in [5, 5.41) is 30.7.